The summed E-state index contributed by atoms with van der Waals surface area (Å²) in [6.07, 6.45) is 2.77. The maximum absolute atomic E-state index is 11.6. The lowest BCUT2D eigenvalue weighted by Gasteiger charge is -2.05. The van der Waals surface area contributed by atoms with Crippen molar-refractivity contribution in [3.8, 4) is 0 Å². The first-order valence-corrected chi connectivity index (χ1v) is 5.73. The molecule has 0 aliphatic rings. The van der Waals surface area contributed by atoms with E-state index in [0.29, 0.717) is 6.54 Å². The quantitative estimate of drug-likeness (QED) is 0.684. The van der Waals surface area contributed by atoms with Crippen LogP contribution in [0, 0.1) is 0 Å². The first-order chi connectivity index (χ1) is 8.29. The number of H-pyrrole nitrogens is 1. The topological polar surface area (TPSA) is 69.8 Å². The second-order valence-corrected chi connectivity index (χ2v) is 3.90. The van der Waals surface area contributed by atoms with E-state index in [0.717, 1.165) is 29.6 Å². The van der Waals surface area contributed by atoms with E-state index in [9.17, 15) is 4.79 Å². The van der Waals surface area contributed by atoms with Crippen molar-refractivity contribution in [1.82, 2.24) is 15.5 Å². The Labute approximate surface area is 99.6 Å². The van der Waals surface area contributed by atoms with Gasteiger partial charge in [0.15, 0.2) is 0 Å². The van der Waals surface area contributed by atoms with Gasteiger partial charge in [0.2, 0.25) is 5.91 Å². The number of anilines is 1. The van der Waals surface area contributed by atoms with Crippen LogP contribution in [0.5, 0.6) is 0 Å². The molecule has 5 heteroatoms. The predicted octanol–water partition coefficient (Wildman–Crippen LogP) is 1.50. The predicted molar refractivity (Wildman–Crippen MR) is 67.9 cm³/mol. The van der Waals surface area contributed by atoms with Crippen molar-refractivity contribution in [3.05, 3.63) is 24.4 Å². The number of nitrogens with one attached hydrogen (secondary N) is 3. The van der Waals surface area contributed by atoms with Gasteiger partial charge in [-0.1, -0.05) is 6.92 Å². The van der Waals surface area contributed by atoms with Crippen LogP contribution in [-0.4, -0.2) is 29.2 Å². The number of amides is 1. The number of nitrogens with zero attached hydrogens (tertiary/aromatic N) is 1. The molecular weight excluding hydrogens is 216 g/mol. The molecule has 0 unspecified atom stereocenters. The molecule has 90 valence electrons. The van der Waals surface area contributed by atoms with Crippen LogP contribution in [0.3, 0.4) is 0 Å². The standard InChI is InChI=1S/C12H16N4O/c1-2-5-13-8-12(17)15-10-4-3-9-7-14-16-11(9)6-10/h3-4,6-7,13H,2,5,8H2,1H3,(H,14,16)(H,15,17). The Morgan fingerprint density at radius 3 is 3.18 bits per heavy atom. The van der Waals surface area contributed by atoms with Gasteiger partial charge < -0.3 is 10.6 Å². The molecule has 1 amide bonds. The van der Waals surface area contributed by atoms with Gasteiger partial charge in [0.25, 0.3) is 0 Å². The smallest absolute Gasteiger partial charge is 0.238 e. The number of aromatic amines is 1. The number of benzene rings is 1. The van der Waals surface area contributed by atoms with Crippen molar-refractivity contribution in [1.29, 1.82) is 0 Å². The third-order valence-corrected chi connectivity index (χ3v) is 2.44. The Morgan fingerprint density at radius 2 is 2.35 bits per heavy atom. The highest BCUT2D eigenvalue weighted by atomic mass is 16.1. The van der Waals surface area contributed by atoms with Gasteiger partial charge in [0.1, 0.15) is 0 Å². The third-order valence-electron chi connectivity index (χ3n) is 2.44. The number of rotatable bonds is 5. The van der Waals surface area contributed by atoms with E-state index in [4.69, 9.17) is 0 Å². The molecule has 0 aliphatic carbocycles. The molecule has 0 spiro atoms. The SMILES string of the molecule is CCCNCC(=O)Nc1ccc2cn[nH]c2c1. The first kappa shape index (κ1) is 11.6. The second-order valence-electron chi connectivity index (χ2n) is 3.90. The lowest BCUT2D eigenvalue weighted by atomic mass is 10.2. The monoisotopic (exact) mass is 232 g/mol. The van der Waals surface area contributed by atoms with E-state index < -0.39 is 0 Å². The molecule has 0 fully saturated rings. The molecule has 1 aromatic carbocycles. The minimum Gasteiger partial charge on any atom is -0.325 e. The summed E-state index contributed by atoms with van der Waals surface area (Å²) in [5.74, 6) is -0.0303. The molecular formula is C12H16N4O. The van der Waals surface area contributed by atoms with E-state index >= 15 is 0 Å². The van der Waals surface area contributed by atoms with Crippen molar-refractivity contribution in [2.75, 3.05) is 18.4 Å². The van der Waals surface area contributed by atoms with E-state index in [1.54, 1.807) is 6.20 Å². The molecule has 5 nitrogen and oxygen atoms in total. The van der Waals surface area contributed by atoms with Crippen molar-refractivity contribution >= 4 is 22.5 Å². The van der Waals surface area contributed by atoms with Crippen LogP contribution in [0.4, 0.5) is 5.69 Å². The maximum atomic E-state index is 11.6. The van der Waals surface area contributed by atoms with Crippen LogP contribution in [0.2, 0.25) is 0 Å². The van der Waals surface area contributed by atoms with Gasteiger partial charge >= 0.3 is 0 Å². The van der Waals surface area contributed by atoms with Crippen LogP contribution in [0.25, 0.3) is 10.9 Å². The molecule has 0 bridgehead atoms. The fourth-order valence-electron chi connectivity index (χ4n) is 1.60. The normalized spacial score (nSPS) is 10.6. The van der Waals surface area contributed by atoms with Crippen LogP contribution < -0.4 is 10.6 Å². The summed E-state index contributed by atoms with van der Waals surface area (Å²) in [4.78, 5) is 11.6. The molecule has 1 heterocycles. The zero-order chi connectivity index (χ0) is 12.1. The fraction of sp³-hybridized carbons (Fsp3) is 0.333. The molecule has 2 aromatic rings. The first-order valence-electron chi connectivity index (χ1n) is 5.73. The second kappa shape index (κ2) is 5.45. The lowest BCUT2D eigenvalue weighted by Crippen LogP contribution is -2.28. The summed E-state index contributed by atoms with van der Waals surface area (Å²) in [5, 5.41) is 13.7. The van der Waals surface area contributed by atoms with Gasteiger partial charge in [-0.05, 0) is 31.2 Å². The molecule has 0 atom stereocenters. The zero-order valence-corrected chi connectivity index (χ0v) is 9.79. The Kier molecular flexibility index (Phi) is 3.72. The van der Waals surface area contributed by atoms with Gasteiger partial charge in [-0.25, -0.2) is 0 Å². The minimum atomic E-state index is -0.0303. The maximum Gasteiger partial charge on any atom is 0.238 e. The van der Waals surface area contributed by atoms with Gasteiger partial charge in [-0.15, -0.1) is 0 Å². The summed E-state index contributed by atoms with van der Waals surface area (Å²) in [6.45, 7) is 3.26. The van der Waals surface area contributed by atoms with Crippen molar-refractivity contribution in [2.24, 2.45) is 0 Å². The summed E-state index contributed by atoms with van der Waals surface area (Å²) in [6, 6.07) is 5.67. The number of carbonyl (C=O) groups is 1. The molecule has 0 saturated heterocycles. The zero-order valence-electron chi connectivity index (χ0n) is 9.79. The highest BCUT2D eigenvalue weighted by molar-refractivity contribution is 5.94. The van der Waals surface area contributed by atoms with Crippen molar-refractivity contribution in [2.45, 2.75) is 13.3 Å². The summed E-state index contributed by atoms with van der Waals surface area (Å²) in [7, 11) is 0. The summed E-state index contributed by atoms with van der Waals surface area (Å²) >= 11 is 0. The minimum absolute atomic E-state index is 0.0303. The Bertz CT molecular complexity index is 506. The van der Waals surface area contributed by atoms with Gasteiger partial charge in [0.05, 0.1) is 18.3 Å². The summed E-state index contributed by atoms with van der Waals surface area (Å²) in [5.41, 5.74) is 1.70. The van der Waals surface area contributed by atoms with Crippen LogP contribution >= 0.6 is 0 Å². The number of hydrogen-bond acceptors (Lipinski definition) is 3. The molecule has 0 saturated carbocycles. The Balaban J connectivity index is 1.95. The highest BCUT2D eigenvalue weighted by Gasteiger charge is 2.02. The molecule has 0 radical (unpaired) electrons. The van der Waals surface area contributed by atoms with E-state index in [1.165, 1.54) is 0 Å². The molecule has 1 aromatic heterocycles. The fourth-order valence-corrected chi connectivity index (χ4v) is 1.60. The largest absolute Gasteiger partial charge is 0.325 e. The molecule has 17 heavy (non-hydrogen) atoms. The average Bonchev–Trinajstić information content (AvgIpc) is 2.76. The molecule has 2 rings (SSSR count). The van der Waals surface area contributed by atoms with Gasteiger partial charge in [-0.3, -0.25) is 9.89 Å². The van der Waals surface area contributed by atoms with Crippen molar-refractivity contribution in [3.63, 3.8) is 0 Å². The Morgan fingerprint density at radius 1 is 1.47 bits per heavy atom. The molecule has 0 aliphatic heterocycles. The number of aromatic nitrogens is 2. The Hall–Kier alpha value is -1.88. The van der Waals surface area contributed by atoms with Crippen LogP contribution in [0.15, 0.2) is 24.4 Å². The van der Waals surface area contributed by atoms with Crippen LogP contribution in [0.1, 0.15) is 13.3 Å². The van der Waals surface area contributed by atoms with Gasteiger partial charge in [-0.2, -0.15) is 5.10 Å². The van der Waals surface area contributed by atoms with E-state index in [1.807, 2.05) is 18.2 Å². The van der Waals surface area contributed by atoms with E-state index in [2.05, 4.69) is 27.8 Å². The summed E-state index contributed by atoms with van der Waals surface area (Å²) < 4.78 is 0. The number of fused-ring (bicyclic) bond motifs is 1. The number of hydrogen-bond donors (Lipinski definition) is 3. The average molecular weight is 232 g/mol. The number of carbonyl (C=O) groups excluding carboxylic acids is 1. The lowest BCUT2D eigenvalue weighted by molar-refractivity contribution is -0.115. The van der Waals surface area contributed by atoms with Gasteiger partial charge in [0, 0.05) is 11.1 Å². The van der Waals surface area contributed by atoms with E-state index in [-0.39, 0.29) is 5.91 Å². The van der Waals surface area contributed by atoms with Crippen LogP contribution in [-0.2, 0) is 4.79 Å². The van der Waals surface area contributed by atoms with Crippen molar-refractivity contribution < 1.29 is 4.79 Å². The third kappa shape index (κ3) is 3.04. The molecule has 3 N–H and O–H groups in total. The highest BCUT2D eigenvalue weighted by Crippen LogP contribution is 2.16.